The molecule has 2 unspecified atom stereocenters. The van der Waals surface area contributed by atoms with Gasteiger partial charge in [-0.2, -0.15) is 0 Å². The van der Waals surface area contributed by atoms with Crippen molar-refractivity contribution in [1.29, 1.82) is 0 Å². The maximum atomic E-state index is 12.3. The van der Waals surface area contributed by atoms with Gasteiger partial charge < -0.3 is 56.5 Å². The highest BCUT2D eigenvalue weighted by atomic mass is 16.5. The smallest absolute Gasteiger partial charge is 0.475 e. The number of primary amides is 1. The van der Waals surface area contributed by atoms with E-state index in [1.54, 1.807) is 60.7 Å². The number of nitrogens with two attached hydrogens (primary N) is 1. The number of carbonyl (C=O) groups is 5. The molecule has 0 fully saturated rings. The Balaban J connectivity index is 0.000000294. The third-order valence-electron chi connectivity index (χ3n) is 7.62. The van der Waals surface area contributed by atoms with Crippen LogP contribution in [0.3, 0.4) is 0 Å². The van der Waals surface area contributed by atoms with Gasteiger partial charge in [-0.1, -0.05) is 48.5 Å². The number of hydrogen-bond acceptors (Lipinski definition) is 11. The minimum absolute atomic E-state index is 0.0126. The van der Waals surface area contributed by atoms with Gasteiger partial charge in [-0.25, -0.2) is 9.59 Å². The van der Waals surface area contributed by atoms with E-state index in [9.17, 15) is 49.2 Å². The topological polar surface area (TPSA) is 286 Å². The number of ether oxygens (including phenoxy) is 1. The molecule has 282 valence electrons. The fraction of sp³-hybridized carbons (Fsp3) is 0.194. The second-order valence-electron chi connectivity index (χ2n) is 12.0. The Morgan fingerprint density at radius 2 is 1.06 bits per heavy atom. The summed E-state index contributed by atoms with van der Waals surface area (Å²) in [7, 11) is -3.63. The summed E-state index contributed by atoms with van der Waals surface area (Å²) in [5.74, 6) is -5.24. The number of phenolic OH excluding ortho intramolecular Hbond substituents is 1. The summed E-state index contributed by atoms with van der Waals surface area (Å²) in [4.78, 5) is 57.2. The van der Waals surface area contributed by atoms with E-state index >= 15 is 0 Å². The lowest BCUT2D eigenvalue weighted by atomic mass is 9.75. The van der Waals surface area contributed by atoms with E-state index in [-0.39, 0.29) is 49.2 Å². The molecule has 0 aromatic heterocycles. The van der Waals surface area contributed by atoms with E-state index in [1.165, 1.54) is 36.4 Å². The van der Waals surface area contributed by atoms with Gasteiger partial charge in [0.15, 0.2) is 6.61 Å². The van der Waals surface area contributed by atoms with Crippen LogP contribution in [0, 0.1) is 0 Å². The van der Waals surface area contributed by atoms with E-state index in [4.69, 9.17) is 20.7 Å². The Bertz CT molecular complexity index is 1910. The van der Waals surface area contributed by atoms with Crippen molar-refractivity contribution in [2.45, 2.75) is 37.6 Å². The van der Waals surface area contributed by atoms with E-state index in [0.717, 1.165) is 0 Å². The Labute approximate surface area is 310 Å². The summed E-state index contributed by atoms with van der Waals surface area (Å²) in [5, 5.41) is 70.5. The van der Waals surface area contributed by atoms with Gasteiger partial charge in [0, 0.05) is 0 Å². The number of rotatable bonds is 17. The lowest BCUT2D eigenvalue weighted by molar-refractivity contribution is -0.121. The van der Waals surface area contributed by atoms with Crippen LogP contribution in [0.4, 0.5) is 0 Å². The van der Waals surface area contributed by atoms with Crippen molar-refractivity contribution >= 4 is 43.9 Å². The van der Waals surface area contributed by atoms with E-state index in [2.05, 4.69) is 10.6 Å². The van der Waals surface area contributed by atoms with Crippen LogP contribution in [0.25, 0.3) is 0 Å². The van der Waals surface area contributed by atoms with E-state index in [1.807, 2.05) is 0 Å². The van der Waals surface area contributed by atoms with Crippen LogP contribution >= 0.6 is 0 Å². The van der Waals surface area contributed by atoms with Crippen molar-refractivity contribution in [3.05, 3.63) is 130 Å². The number of nitrogens with one attached hydrogen (secondary N) is 2. The van der Waals surface area contributed by atoms with Crippen LogP contribution in [-0.2, 0) is 40.1 Å². The van der Waals surface area contributed by atoms with Gasteiger partial charge in [-0.3, -0.25) is 14.4 Å². The molecule has 0 aliphatic heterocycles. The normalized spacial score (nSPS) is 11.5. The first-order valence-corrected chi connectivity index (χ1v) is 16.3. The number of carboxylic acid groups (broad SMARTS) is 2. The van der Waals surface area contributed by atoms with Crippen molar-refractivity contribution in [3.8, 4) is 11.5 Å². The van der Waals surface area contributed by atoms with Crippen molar-refractivity contribution in [2.75, 3.05) is 6.61 Å². The Morgan fingerprint density at radius 3 is 1.50 bits per heavy atom. The number of aromatic hydroxyl groups is 1. The molecule has 0 heterocycles. The molecule has 2 atom stereocenters. The molecule has 0 spiro atoms. The quantitative estimate of drug-likeness (QED) is 0.0634. The maximum absolute atomic E-state index is 12.3. The SMILES string of the molecule is NC(=O)COc1cccc(CC(=O)NC(Cc2cccc(C(=O)O)c2)B(O)O)c1.O=C(Cc1ccc(O)cc1)NC(Cc1cccc(C(=O)O)c1)B(O)O. The fourth-order valence-corrected chi connectivity index (χ4v) is 5.03. The first kappa shape index (κ1) is 42.2. The number of phenols is 1. The molecule has 16 nitrogen and oxygen atoms in total. The Hall–Kier alpha value is -6.20. The molecular weight excluding hydrogens is 704 g/mol. The van der Waals surface area contributed by atoms with Crippen LogP contribution in [0.5, 0.6) is 11.5 Å². The lowest BCUT2D eigenvalue weighted by Gasteiger charge is -2.18. The molecule has 4 aromatic rings. The Morgan fingerprint density at radius 1 is 0.611 bits per heavy atom. The maximum Gasteiger partial charge on any atom is 0.475 e. The van der Waals surface area contributed by atoms with Crippen molar-refractivity contribution < 1.29 is 64.1 Å². The average molecular weight is 743 g/mol. The molecule has 0 aliphatic rings. The predicted octanol–water partition coefficient (Wildman–Crippen LogP) is -0.0967. The number of benzene rings is 4. The molecular formula is C36H39B2N3O13. The van der Waals surface area contributed by atoms with Gasteiger partial charge in [0.1, 0.15) is 11.5 Å². The number of carboxylic acids is 2. The van der Waals surface area contributed by atoms with Crippen molar-refractivity contribution in [2.24, 2.45) is 5.73 Å². The molecule has 4 aromatic carbocycles. The number of hydrogen-bond donors (Lipinski definition) is 10. The second-order valence-corrected chi connectivity index (χ2v) is 12.0. The zero-order valence-corrected chi connectivity index (χ0v) is 28.7. The summed E-state index contributed by atoms with van der Waals surface area (Å²) in [6.45, 7) is -0.288. The minimum Gasteiger partial charge on any atom is -0.508 e. The molecule has 3 amide bonds. The Kier molecular flexibility index (Phi) is 16.2. The zero-order valence-electron chi connectivity index (χ0n) is 28.7. The predicted molar refractivity (Wildman–Crippen MR) is 195 cm³/mol. The summed E-state index contributed by atoms with van der Waals surface area (Å²) in [6, 6.07) is 24.7. The van der Waals surface area contributed by atoms with E-state index < -0.39 is 55.8 Å². The molecule has 0 radical (unpaired) electrons. The third-order valence-corrected chi connectivity index (χ3v) is 7.62. The molecule has 4 rings (SSSR count). The molecule has 54 heavy (non-hydrogen) atoms. The average Bonchev–Trinajstić information content (AvgIpc) is 3.11. The third kappa shape index (κ3) is 14.8. The van der Waals surface area contributed by atoms with Gasteiger partial charge in [-0.05, 0) is 83.6 Å². The first-order chi connectivity index (χ1) is 25.6. The first-order valence-electron chi connectivity index (χ1n) is 16.3. The highest BCUT2D eigenvalue weighted by molar-refractivity contribution is 6.44. The van der Waals surface area contributed by atoms with Crippen LogP contribution in [0.1, 0.15) is 43.0 Å². The molecule has 11 N–H and O–H groups in total. The molecule has 0 bridgehead atoms. The van der Waals surface area contributed by atoms with E-state index in [0.29, 0.717) is 28.0 Å². The van der Waals surface area contributed by atoms with Gasteiger partial charge in [0.25, 0.3) is 5.91 Å². The van der Waals surface area contributed by atoms with Crippen LogP contribution in [0.15, 0.2) is 97.1 Å². The van der Waals surface area contributed by atoms with Gasteiger partial charge in [0.2, 0.25) is 11.8 Å². The van der Waals surface area contributed by atoms with Gasteiger partial charge in [-0.15, -0.1) is 0 Å². The number of amides is 3. The molecule has 0 saturated heterocycles. The summed E-state index contributed by atoms with van der Waals surface area (Å²) < 4.78 is 5.18. The minimum atomic E-state index is -1.84. The van der Waals surface area contributed by atoms with Crippen LogP contribution < -0.4 is 21.1 Å². The van der Waals surface area contributed by atoms with Crippen LogP contribution in [-0.4, -0.2) is 97.8 Å². The highest BCUT2D eigenvalue weighted by Gasteiger charge is 2.27. The lowest BCUT2D eigenvalue weighted by Crippen LogP contribution is -2.48. The van der Waals surface area contributed by atoms with Gasteiger partial charge in [0.05, 0.1) is 35.9 Å². The van der Waals surface area contributed by atoms with Gasteiger partial charge >= 0.3 is 26.2 Å². The second kappa shape index (κ2) is 20.7. The standard InChI is InChI=1S/C19H21BN2O7.C17H18BNO6/c21-17(23)11-29-15-6-2-4-13(8-15)10-18(24)22-16(20(27)28)9-12-3-1-5-14(7-12)19(25)26;20-14-6-4-11(5-7-14)10-16(21)19-15(18(24)25)9-12-2-1-3-13(8-12)17(22)23/h1-8,16,27-28H,9-11H2,(H2,21,23)(H,22,24)(H,25,26);1-8,15,20,24-25H,9-10H2,(H,19,21)(H,22,23). The fourth-order valence-electron chi connectivity index (χ4n) is 5.03. The number of aromatic carboxylic acids is 2. The molecule has 0 saturated carbocycles. The van der Waals surface area contributed by atoms with Crippen LogP contribution in [0.2, 0.25) is 0 Å². The van der Waals surface area contributed by atoms with Crippen molar-refractivity contribution in [1.82, 2.24) is 10.6 Å². The summed E-state index contributed by atoms with van der Waals surface area (Å²) in [6.07, 6.45) is 0.0528. The summed E-state index contributed by atoms with van der Waals surface area (Å²) >= 11 is 0. The highest BCUT2D eigenvalue weighted by Crippen LogP contribution is 2.15. The molecule has 0 aliphatic carbocycles. The largest absolute Gasteiger partial charge is 0.508 e. The summed E-state index contributed by atoms with van der Waals surface area (Å²) in [5.41, 5.74) is 7.51. The number of carbonyl (C=O) groups excluding carboxylic acids is 3. The van der Waals surface area contributed by atoms with Crippen molar-refractivity contribution in [3.63, 3.8) is 0 Å². The zero-order chi connectivity index (χ0) is 39.8. The monoisotopic (exact) mass is 743 g/mol. The molecule has 18 heteroatoms.